The van der Waals surface area contributed by atoms with Crippen molar-refractivity contribution in [1.29, 1.82) is 0 Å². The van der Waals surface area contributed by atoms with Gasteiger partial charge in [-0.25, -0.2) is 4.98 Å². The van der Waals surface area contributed by atoms with Gasteiger partial charge in [0.1, 0.15) is 5.69 Å². The third-order valence-corrected chi connectivity index (χ3v) is 2.97. The summed E-state index contributed by atoms with van der Waals surface area (Å²) < 4.78 is 1.57. The molecule has 1 N–H and O–H groups in total. The van der Waals surface area contributed by atoms with Crippen molar-refractivity contribution in [2.24, 2.45) is 0 Å². The van der Waals surface area contributed by atoms with E-state index in [9.17, 15) is 4.79 Å². The van der Waals surface area contributed by atoms with E-state index in [0.29, 0.717) is 16.2 Å². The van der Waals surface area contributed by atoms with Gasteiger partial charge in [0, 0.05) is 16.7 Å². The first-order chi connectivity index (χ1) is 6.66. The van der Waals surface area contributed by atoms with Crippen LogP contribution in [-0.4, -0.2) is 16.9 Å². The third-order valence-electron chi connectivity index (χ3n) is 1.94. The monoisotopic (exact) mass is 318 g/mol. The summed E-state index contributed by atoms with van der Waals surface area (Å²) in [6.07, 6.45) is 3.78. The van der Waals surface area contributed by atoms with Gasteiger partial charge in [-0.3, -0.25) is 4.79 Å². The number of aromatic nitrogens is 1. The Morgan fingerprint density at radius 1 is 1.50 bits per heavy atom. The number of nitrogens with one attached hydrogen (secondary N) is 1. The Bertz CT molecular complexity index is 377. The van der Waals surface area contributed by atoms with Crippen LogP contribution in [0.1, 0.15) is 23.3 Å². The molecule has 14 heavy (non-hydrogen) atoms. The van der Waals surface area contributed by atoms with Gasteiger partial charge >= 0.3 is 0 Å². The van der Waals surface area contributed by atoms with E-state index in [-0.39, 0.29) is 5.91 Å². The summed E-state index contributed by atoms with van der Waals surface area (Å²) >= 11 is 6.59. The van der Waals surface area contributed by atoms with Crippen molar-refractivity contribution < 1.29 is 4.79 Å². The average Bonchev–Trinajstić information content (AvgIpc) is 2.87. The summed E-state index contributed by atoms with van der Waals surface area (Å²) in [5.41, 5.74) is 0.445. The van der Waals surface area contributed by atoms with Crippen LogP contribution >= 0.6 is 31.9 Å². The third kappa shape index (κ3) is 2.33. The normalized spacial score (nSPS) is 15.3. The van der Waals surface area contributed by atoms with Gasteiger partial charge in [0.2, 0.25) is 0 Å². The first kappa shape index (κ1) is 10.1. The summed E-state index contributed by atoms with van der Waals surface area (Å²) in [6.45, 7) is 0. The summed E-state index contributed by atoms with van der Waals surface area (Å²) in [5.74, 6) is -0.105. The zero-order chi connectivity index (χ0) is 10.1. The molecule has 1 aromatic rings. The number of carbonyl (C=O) groups is 1. The second kappa shape index (κ2) is 3.98. The zero-order valence-electron chi connectivity index (χ0n) is 7.26. The van der Waals surface area contributed by atoms with E-state index in [4.69, 9.17) is 0 Å². The predicted octanol–water partition coefficient (Wildman–Crippen LogP) is 2.50. The number of hydrogen-bond donors (Lipinski definition) is 1. The molecule has 3 nitrogen and oxygen atoms in total. The highest BCUT2D eigenvalue weighted by atomic mass is 79.9. The second-order valence-electron chi connectivity index (χ2n) is 3.23. The summed E-state index contributed by atoms with van der Waals surface area (Å²) in [6, 6.07) is 2.18. The number of amides is 1. The van der Waals surface area contributed by atoms with E-state index in [1.54, 1.807) is 6.20 Å². The molecule has 1 aromatic heterocycles. The molecular weight excluding hydrogens is 312 g/mol. The molecule has 1 heterocycles. The maximum absolute atomic E-state index is 11.6. The highest BCUT2D eigenvalue weighted by molar-refractivity contribution is 9.11. The molecule has 1 amide bonds. The Hall–Kier alpha value is -0.420. The largest absolute Gasteiger partial charge is 0.348 e. The van der Waals surface area contributed by atoms with Gasteiger partial charge in [-0.1, -0.05) is 0 Å². The van der Waals surface area contributed by atoms with E-state index in [1.165, 1.54) is 0 Å². The molecule has 5 heteroatoms. The van der Waals surface area contributed by atoms with Crippen molar-refractivity contribution in [3.05, 3.63) is 26.9 Å². The SMILES string of the molecule is O=C(NC1CC1)c1ncc(Br)cc1Br. The number of hydrogen-bond acceptors (Lipinski definition) is 2. The van der Waals surface area contributed by atoms with E-state index < -0.39 is 0 Å². The molecule has 0 unspecified atom stereocenters. The average molecular weight is 320 g/mol. The molecule has 0 bridgehead atoms. The lowest BCUT2D eigenvalue weighted by molar-refractivity contribution is 0.0945. The lowest BCUT2D eigenvalue weighted by atomic mass is 10.3. The molecule has 74 valence electrons. The Kier molecular flexibility index (Phi) is 2.88. The van der Waals surface area contributed by atoms with Crippen molar-refractivity contribution in [1.82, 2.24) is 10.3 Å². The summed E-state index contributed by atoms with van der Waals surface area (Å²) in [5, 5.41) is 2.88. The van der Waals surface area contributed by atoms with Crippen molar-refractivity contribution in [2.75, 3.05) is 0 Å². The minimum absolute atomic E-state index is 0.105. The van der Waals surface area contributed by atoms with Crippen LogP contribution in [0.2, 0.25) is 0 Å². The fraction of sp³-hybridized carbons (Fsp3) is 0.333. The molecule has 1 saturated carbocycles. The lowest BCUT2D eigenvalue weighted by Gasteiger charge is -2.04. The number of carbonyl (C=O) groups excluding carboxylic acids is 1. The molecule has 0 aromatic carbocycles. The Labute approximate surface area is 98.6 Å². The van der Waals surface area contributed by atoms with Gasteiger partial charge in [-0.15, -0.1) is 0 Å². The molecular formula is C9H8Br2N2O. The number of nitrogens with zero attached hydrogens (tertiary/aromatic N) is 1. The predicted molar refractivity (Wildman–Crippen MR) is 60.1 cm³/mol. The van der Waals surface area contributed by atoms with E-state index >= 15 is 0 Å². The van der Waals surface area contributed by atoms with Crippen molar-refractivity contribution in [3.8, 4) is 0 Å². The molecule has 2 rings (SSSR count). The zero-order valence-corrected chi connectivity index (χ0v) is 10.4. The van der Waals surface area contributed by atoms with Crippen LogP contribution in [0.3, 0.4) is 0 Å². The van der Waals surface area contributed by atoms with E-state index in [1.807, 2.05) is 6.07 Å². The van der Waals surface area contributed by atoms with Crippen LogP contribution in [0, 0.1) is 0 Å². The number of rotatable bonds is 2. The van der Waals surface area contributed by atoms with Gasteiger partial charge in [-0.05, 0) is 50.8 Å². The first-order valence-corrected chi connectivity index (χ1v) is 5.87. The van der Waals surface area contributed by atoms with E-state index in [0.717, 1.165) is 17.3 Å². The van der Waals surface area contributed by atoms with Gasteiger partial charge in [0.15, 0.2) is 0 Å². The van der Waals surface area contributed by atoms with Crippen molar-refractivity contribution >= 4 is 37.8 Å². The van der Waals surface area contributed by atoms with Gasteiger partial charge in [-0.2, -0.15) is 0 Å². The summed E-state index contributed by atoms with van der Waals surface area (Å²) in [7, 11) is 0. The molecule has 0 atom stereocenters. The lowest BCUT2D eigenvalue weighted by Crippen LogP contribution is -2.26. The smallest absolute Gasteiger partial charge is 0.271 e. The van der Waals surface area contributed by atoms with Crippen LogP contribution in [0.15, 0.2) is 21.2 Å². The topological polar surface area (TPSA) is 42.0 Å². The standard InChI is InChI=1S/C9H8Br2N2O/c10-5-3-7(11)8(12-4-5)9(14)13-6-1-2-6/h3-4,6H,1-2H2,(H,13,14). The molecule has 0 spiro atoms. The molecule has 0 radical (unpaired) electrons. The molecule has 0 saturated heterocycles. The maximum Gasteiger partial charge on any atom is 0.271 e. The minimum atomic E-state index is -0.105. The Morgan fingerprint density at radius 3 is 2.79 bits per heavy atom. The molecule has 1 aliphatic carbocycles. The Balaban J connectivity index is 2.17. The van der Waals surface area contributed by atoms with Crippen LogP contribution in [0.5, 0.6) is 0 Å². The Morgan fingerprint density at radius 2 is 2.21 bits per heavy atom. The fourth-order valence-corrected chi connectivity index (χ4v) is 2.23. The quantitative estimate of drug-likeness (QED) is 0.910. The number of pyridine rings is 1. The van der Waals surface area contributed by atoms with Crippen LogP contribution < -0.4 is 5.32 Å². The highest BCUT2D eigenvalue weighted by Gasteiger charge is 2.25. The maximum atomic E-state index is 11.6. The second-order valence-corrected chi connectivity index (χ2v) is 5.00. The number of halogens is 2. The molecule has 0 aliphatic heterocycles. The highest BCUT2D eigenvalue weighted by Crippen LogP contribution is 2.22. The minimum Gasteiger partial charge on any atom is -0.348 e. The van der Waals surface area contributed by atoms with Crippen LogP contribution in [0.25, 0.3) is 0 Å². The van der Waals surface area contributed by atoms with Crippen LogP contribution in [-0.2, 0) is 0 Å². The fourth-order valence-electron chi connectivity index (χ4n) is 1.06. The van der Waals surface area contributed by atoms with Gasteiger partial charge in [0.05, 0.1) is 4.47 Å². The van der Waals surface area contributed by atoms with Crippen molar-refractivity contribution in [3.63, 3.8) is 0 Å². The molecule has 1 aliphatic rings. The summed E-state index contributed by atoms with van der Waals surface area (Å²) in [4.78, 5) is 15.7. The van der Waals surface area contributed by atoms with Gasteiger partial charge < -0.3 is 5.32 Å². The molecule has 1 fully saturated rings. The van der Waals surface area contributed by atoms with Gasteiger partial charge in [0.25, 0.3) is 5.91 Å². The van der Waals surface area contributed by atoms with Crippen LogP contribution in [0.4, 0.5) is 0 Å². The van der Waals surface area contributed by atoms with E-state index in [2.05, 4.69) is 42.2 Å². The van der Waals surface area contributed by atoms with Crippen molar-refractivity contribution in [2.45, 2.75) is 18.9 Å². The first-order valence-electron chi connectivity index (χ1n) is 4.29.